The van der Waals surface area contributed by atoms with Crippen LogP contribution in [0, 0.1) is 0 Å². The van der Waals surface area contributed by atoms with Crippen LogP contribution >= 0.6 is 0 Å². The SMILES string of the molecule is CCNC(=NCCCOc1ccccc1)NCCS(=O)(=O)NCC1CCCCO1. The molecule has 0 bridgehead atoms. The molecule has 1 aliphatic rings. The molecule has 1 aromatic carbocycles. The number of aliphatic imine (C=N–C) groups is 1. The van der Waals surface area contributed by atoms with Crippen LogP contribution in [0.4, 0.5) is 0 Å². The molecule has 1 aliphatic heterocycles. The Hall–Kier alpha value is -1.84. The van der Waals surface area contributed by atoms with Crippen LogP contribution in [-0.4, -0.2) is 65.6 Å². The van der Waals surface area contributed by atoms with Crippen molar-refractivity contribution in [3.8, 4) is 5.75 Å². The Balaban J connectivity index is 1.64. The molecule has 1 atom stereocenters. The van der Waals surface area contributed by atoms with Gasteiger partial charge in [0.25, 0.3) is 0 Å². The van der Waals surface area contributed by atoms with Gasteiger partial charge >= 0.3 is 0 Å². The smallest absolute Gasteiger partial charge is 0.213 e. The molecule has 9 heteroatoms. The Morgan fingerprint density at radius 1 is 1.24 bits per heavy atom. The molecule has 1 heterocycles. The van der Waals surface area contributed by atoms with Gasteiger partial charge in [0, 0.05) is 39.2 Å². The number of hydrogen-bond acceptors (Lipinski definition) is 5. The monoisotopic (exact) mass is 426 g/mol. The topological polar surface area (TPSA) is 101 Å². The largest absolute Gasteiger partial charge is 0.494 e. The van der Waals surface area contributed by atoms with E-state index in [9.17, 15) is 8.42 Å². The fourth-order valence-corrected chi connectivity index (χ4v) is 3.82. The third kappa shape index (κ3) is 10.5. The number of nitrogens with zero attached hydrogens (tertiary/aromatic N) is 1. The van der Waals surface area contributed by atoms with E-state index < -0.39 is 10.0 Å². The second-order valence-corrected chi connectivity index (χ2v) is 8.78. The second-order valence-electron chi connectivity index (χ2n) is 6.86. The first kappa shape index (κ1) is 23.4. The highest BCUT2D eigenvalue weighted by molar-refractivity contribution is 7.89. The minimum absolute atomic E-state index is 0.0107. The van der Waals surface area contributed by atoms with Gasteiger partial charge in [-0.3, -0.25) is 4.99 Å². The third-order valence-electron chi connectivity index (χ3n) is 4.40. The van der Waals surface area contributed by atoms with Crippen LogP contribution in [0.3, 0.4) is 0 Å². The van der Waals surface area contributed by atoms with Gasteiger partial charge in [0.15, 0.2) is 5.96 Å². The molecular formula is C20H34N4O4S. The maximum absolute atomic E-state index is 12.2. The summed E-state index contributed by atoms with van der Waals surface area (Å²) in [5.41, 5.74) is 0. The zero-order valence-corrected chi connectivity index (χ0v) is 18.0. The fraction of sp³-hybridized carbons (Fsp3) is 0.650. The second kappa shape index (κ2) is 13.4. The minimum Gasteiger partial charge on any atom is -0.494 e. The van der Waals surface area contributed by atoms with Gasteiger partial charge in [-0.2, -0.15) is 0 Å². The van der Waals surface area contributed by atoms with E-state index in [4.69, 9.17) is 9.47 Å². The molecule has 3 N–H and O–H groups in total. The normalized spacial score (nSPS) is 17.7. The highest BCUT2D eigenvalue weighted by Gasteiger charge is 2.17. The Morgan fingerprint density at radius 3 is 2.79 bits per heavy atom. The molecule has 164 valence electrons. The molecule has 1 saturated heterocycles. The van der Waals surface area contributed by atoms with E-state index >= 15 is 0 Å². The van der Waals surface area contributed by atoms with Crippen molar-refractivity contribution >= 4 is 16.0 Å². The minimum atomic E-state index is -3.35. The first-order valence-corrected chi connectivity index (χ1v) is 12.0. The summed E-state index contributed by atoms with van der Waals surface area (Å²) in [6, 6.07) is 9.66. The van der Waals surface area contributed by atoms with Crippen LogP contribution in [0.1, 0.15) is 32.6 Å². The van der Waals surface area contributed by atoms with Crippen molar-refractivity contribution in [2.24, 2.45) is 4.99 Å². The number of ether oxygens (including phenoxy) is 2. The van der Waals surface area contributed by atoms with Gasteiger partial charge in [0.1, 0.15) is 5.75 Å². The average Bonchev–Trinajstić information content (AvgIpc) is 2.73. The van der Waals surface area contributed by atoms with Crippen molar-refractivity contribution in [3.05, 3.63) is 30.3 Å². The molecule has 2 rings (SSSR count). The number of sulfonamides is 1. The van der Waals surface area contributed by atoms with Crippen LogP contribution in [0.15, 0.2) is 35.3 Å². The molecule has 0 aromatic heterocycles. The molecule has 8 nitrogen and oxygen atoms in total. The summed E-state index contributed by atoms with van der Waals surface area (Å²) in [6.45, 7) is 5.19. The number of hydrogen-bond donors (Lipinski definition) is 3. The van der Waals surface area contributed by atoms with Crippen LogP contribution in [0.5, 0.6) is 5.75 Å². The lowest BCUT2D eigenvalue weighted by molar-refractivity contribution is 0.0200. The van der Waals surface area contributed by atoms with Crippen molar-refractivity contribution in [3.63, 3.8) is 0 Å². The van der Waals surface area contributed by atoms with Crippen molar-refractivity contribution in [1.29, 1.82) is 0 Å². The lowest BCUT2D eigenvalue weighted by Gasteiger charge is -2.22. The van der Waals surface area contributed by atoms with Gasteiger partial charge < -0.3 is 20.1 Å². The summed E-state index contributed by atoms with van der Waals surface area (Å²) >= 11 is 0. The van der Waals surface area contributed by atoms with Crippen LogP contribution in [0.2, 0.25) is 0 Å². The van der Waals surface area contributed by atoms with Crippen LogP contribution in [-0.2, 0) is 14.8 Å². The molecule has 0 amide bonds. The number of guanidine groups is 1. The first-order valence-electron chi connectivity index (χ1n) is 10.4. The zero-order valence-electron chi connectivity index (χ0n) is 17.2. The van der Waals surface area contributed by atoms with Crippen molar-refractivity contribution in [1.82, 2.24) is 15.4 Å². The number of nitrogens with one attached hydrogen (secondary N) is 3. The van der Waals surface area contributed by atoms with E-state index in [1.807, 2.05) is 37.3 Å². The predicted octanol–water partition coefficient (Wildman–Crippen LogP) is 1.50. The molecule has 1 fully saturated rings. The molecule has 1 unspecified atom stereocenters. The van der Waals surface area contributed by atoms with Gasteiger partial charge in [0.05, 0.1) is 18.5 Å². The number of para-hydroxylation sites is 1. The zero-order chi connectivity index (χ0) is 20.8. The summed E-state index contributed by atoms with van der Waals surface area (Å²) in [6.07, 6.45) is 3.81. The van der Waals surface area contributed by atoms with Gasteiger partial charge in [-0.15, -0.1) is 0 Å². The molecule has 0 saturated carbocycles. The van der Waals surface area contributed by atoms with E-state index in [0.717, 1.165) is 31.4 Å². The molecule has 0 aliphatic carbocycles. The summed E-state index contributed by atoms with van der Waals surface area (Å²) in [7, 11) is -3.35. The van der Waals surface area contributed by atoms with E-state index in [-0.39, 0.29) is 18.4 Å². The van der Waals surface area contributed by atoms with Crippen molar-refractivity contribution in [2.75, 3.05) is 45.1 Å². The Kier molecular flexibility index (Phi) is 10.8. The molecule has 0 spiro atoms. The Morgan fingerprint density at radius 2 is 2.07 bits per heavy atom. The maximum Gasteiger partial charge on any atom is 0.213 e. The van der Waals surface area contributed by atoms with Gasteiger partial charge in [-0.05, 0) is 38.3 Å². The summed E-state index contributed by atoms with van der Waals surface area (Å²) in [4.78, 5) is 4.46. The average molecular weight is 427 g/mol. The van der Waals surface area contributed by atoms with E-state index in [2.05, 4.69) is 20.3 Å². The standard InChI is InChI=1S/C20H34N4O4S/c1-2-21-20(22-12-8-15-27-18-9-4-3-5-10-18)23-13-16-29(25,26)24-17-19-11-6-7-14-28-19/h3-5,9-10,19,24H,2,6-8,11-17H2,1H3,(H2,21,22,23). The van der Waals surface area contributed by atoms with Crippen LogP contribution in [0.25, 0.3) is 0 Å². The van der Waals surface area contributed by atoms with Gasteiger partial charge in [-0.1, -0.05) is 18.2 Å². The van der Waals surface area contributed by atoms with Crippen molar-refractivity contribution < 1.29 is 17.9 Å². The summed E-state index contributed by atoms with van der Waals surface area (Å²) < 4.78 is 38.2. The van der Waals surface area contributed by atoms with Gasteiger partial charge in [-0.25, -0.2) is 13.1 Å². The third-order valence-corrected chi connectivity index (χ3v) is 5.74. The predicted molar refractivity (Wildman–Crippen MR) is 116 cm³/mol. The number of rotatable bonds is 12. The molecular weight excluding hydrogens is 392 g/mol. The Labute approximate surface area is 174 Å². The van der Waals surface area contributed by atoms with E-state index in [0.29, 0.717) is 38.8 Å². The Bertz CT molecular complexity index is 692. The van der Waals surface area contributed by atoms with E-state index in [1.165, 1.54) is 0 Å². The molecule has 0 radical (unpaired) electrons. The molecule has 1 aromatic rings. The van der Waals surface area contributed by atoms with Gasteiger partial charge in [0.2, 0.25) is 10.0 Å². The highest BCUT2D eigenvalue weighted by Crippen LogP contribution is 2.11. The summed E-state index contributed by atoms with van der Waals surface area (Å²) in [5, 5.41) is 6.20. The lowest BCUT2D eigenvalue weighted by Crippen LogP contribution is -2.42. The molecule has 29 heavy (non-hydrogen) atoms. The highest BCUT2D eigenvalue weighted by atomic mass is 32.2. The summed E-state index contributed by atoms with van der Waals surface area (Å²) in [5.74, 6) is 1.44. The van der Waals surface area contributed by atoms with Crippen molar-refractivity contribution in [2.45, 2.75) is 38.7 Å². The fourth-order valence-electron chi connectivity index (χ4n) is 2.87. The maximum atomic E-state index is 12.2. The van der Waals surface area contributed by atoms with E-state index in [1.54, 1.807) is 0 Å². The van der Waals surface area contributed by atoms with Crippen LogP contribution < -0.4 is 20.1 Å². The first-order chi connectivity index (χ1) is 14.1. The quantitative estimate of drug-likeness (QED) is 0.266. The lowest BCUT2D eigenvalue weighted by atomic mass is 10.1. The number of benzene rings is 1.